The smallest absolute Gasteiger partial charge is 0.151 e. The standard InChI is InChI=1S/C16H34N2O2S/c1-6-14(5)16-12-18(8-9-21(19,20)7-2)15(11-17-16)10-13(3)4/h13-17H,6-12H2,1-5H3. The van der Waals surface area contributed by atoms with Gasteiger partial charge in [-0.1, -0.05) is 41.0 Å². The van der Waals surface area contributed by atoms with Crippen molar-refractivity contribution in [3.05, 3.63) is 0 Å². The second-order valence-corrected chi connectivity index (χ2v) is 9.39. The molecule has 0 amide bonds. The molecule has 1 aliphatic heterocycles. The van der Waals surface area contributed by atoms with Crippen molar-refractivity contribution in [1.29, 1.82) is 0 Å². The first kappa shape index (κ1) is 18.9. The lowest BCUT2D eigenvalue weighted by Crippen LogP contribution is -2.59. The fourth-order valence-corrected chi connectivity index (χ4v) is 3.80. The van der Waals surface area contributed by atoms with Gasteiger partial charge in [-0.05, 0) is 18.3 Å². The van der Waals surface area contributed by atoms with Crippen LogP contribution in [-0.4, -0.2) is 56.5 Å². The average Bonchev–Trinajstić information content (AvgIpc) is 2.45. The minimum Gasteiger partial charge on any atom is -0.311 e. The van der Waals surface area contributed by atoms with E-state index in [0.717, 1.165) is 25.9 Å². The average molecular weight is 319 g/mol. The van der Waals surface area contributed by atoms with Gasteiger partial charge in [0, 0.05) is 37.5 Å². The minimum absolute atomic E-state index is 0.253. The van der Waals surface area contributed by atoms with E-state index in [-0.39, 0.29) is 5.75 Å². The third kappa shape index (κ3) is 6.25. The summed E-state index contributed by atoms with van der Waals surface area (Å²) in [7, 11) is -2.88. The van der Waals surface area contributed by atoms with Crippen molar-refractivity contribution in [3.63, 3.8) is 0 Å². The predicted molar refractivity (Wildman–Crippen MR) is 90.4 cm³/mol. The zero-order valence-electron chi connectivity index (χ0n) is 14.4. The molecule has 0 saturated carbocycles. The number of hydrogen-bond acceptors (Lipinski definition) is 4. The lowest BCUT2D eigenvalue weighted by Gasteiger charge is -2.43. The number of sulfone groups is 1. The Hall–Kier alpha value is -0.130. The molecule has 1 rings (SSSR count). The van der Waals surface area contributed by atoms with E-state index in [1.54, 1.807) is 6.92 Å². The maximum atomic E-state index is 11.8. The molecule has 3 unspecified atom stereocenters. The molecule has 1 saturated heterocycles. The van der Waals surface area contributed by atoms with Gasteiger partial charge in [-0.25, -0.2) is 8.42 Å². The topological polar surface area (TPSA) is 49.4 Å². The molecule has 0 radical (unpaired) electrons. The van der Waals surface area contributed by atoms with Gasteiger partial charge in [0.05, 0.1) is 5.75 Å². The number of hydrogen-bond donors (Lipinski definition) is 1. The summed E-state index contributed by atoms with van der Waals surface area (Å²) in [4.78, 5) is 2.42. The van der Waals surface area contributed by atoms with Crippen molar-refractivity contribution in [2.45, 2.75) is 59.5 Å². The van der Waals surface area contributed by atoms with Gasteiger partial charge in [0.1, 0.15) is 0 Å². The van der Waals surface area contributed by atoms with Crippen LogP contribution in [0.2, 0.25) is 0 Å². The van der Waals surface area contributed by atoms with Crippen LogP contribution in [0.4, 0.5) is 0 Å². The molecule has 126 valence electrons. The number of nitrogens with one attached hydrogen (secondary N) is 1. The highest BCUT2D eigenvalue weighted by Crippen LogP contribution is 2.19. The Labute approximate surface area is 131 Å². The van der Waals surface area contributed by atoms with Gasteiger partial charge in [-0.2, -0.15) is 0 Å². The van der Waals surface area contributed by atoms with Gasteiger partial charge in [0.15, 0.2) is 9.84 Å². The summed E-state index contributed by atoms with van der Waals surface area (Å²) in [5, 5.41) is 3.68. The Morgan fingerprint density at radius 2 is 1.90 bits per heavy atom. The molecule has 21 heavy (non-hydrogen) atoms. The third-order valence-corrected chi connectivity index (χ3v) is 6.45. The molecule has 0 aliphatic carbocycles. The maximum absolute atomic E-state index is 11.8. The normalized spacial score (nSPS) is 26.2. The molecule has 1 aliphatic rings. The minimum atomic E-state index is -2.88. The number of piperazine rings is 1. The van der Waals surface area contributed by atoms with E-state index in [1.165, 1.54) is 0 Å². The van der Waals surface area contributed by atoms with Crippen molar-refractivity contribution < 1.29 is 8.42 Å². The van der Waals surface area contributed by atoms with E-state index in [9.17, 15) is 8.42 Å². The van der Waals surface area contributed by atoms with Crippen LogP contribution in [-0.2, 0) is 9.84 Å². The summed E-state index contributed by atoms with van der Waals surface area (Å²) >= 11 is 0. The van der Waals surface area contributed by atoms with Gasteiger partial charge < -0.3 is 5.32 Å². The highest BCUT2D eigenvalue weighted by atomic mass is 32.2. The SMILES string of the molecule is CCC(C)C1CN(CCS(=O)(=O)CC)C(CC(C)C)CN1. The molecule has 5 heteroatoms. The van der Waals surface area contributed by atoms with E-state index in [4.69, 9.17) is 0 Å². The first-order valence-electron chi connectivity index (χ1n) is 8.46. The summed E-state index contributed by atoms with van der Waals surface area (Å²) in [6, 6.07) is 0.958. The van der Waals surface area contributed by atoms with Gasteiger partial charge in [0.2, 0.25) is 0 Å². The molecule has 1 heterocycles. The van der Waals surface area contributed by atoms with Crippen LogP contribution in [0.1, 0.15) is 47.5 Å². The Bertz CT molecular complexity index is 395. The molecule has 1 fully saturated rings. The summed E-state index contributed by atoms with van der Waals surface area (Å²) in [5.74, 6) is 1.83. The summed E-state index contributed by atoms with van der Waals surface area (Å²) in [6.45, 7) is 13.4. The van der Waals surface area contributed by atoms with Crippen LogP contribution >= 0.6 is 0 Å². The molecule has 0 aromatic carbocycles. The highest BCUT2D eigenvalue weighted by Gasteiger charge is 2.30. The molecular weight excluding hydrogens is 284 g/mol. The van der Waals surface area contributed by atoms with E-state index >= 15 is 0 Å². The monoisotopic (exact) mass is 318 g/mol. The van der Waals surface area contributed by atoms with Crippen LogP contribution in [0.3, 0.4) is 0 Å². The zero-order valence-corrected chi connectivity index (χ0v) is 15.2. The van der Waals surface area contributed by atoms with E-state index in [0.29, 0.717) is 36.2 Å². The van der Waals surface area contributed by atoms with Crippen molar-refractivity contribution in [2.24, 2.45) is 11.8 Å². The Kier molecular flexibility index (Phi) is 7.65. The van der Waals surface area contributed by atoms with Crippen LogP contribution in [0, 0.1) is 11.8 Å². The highest BCUT2D eigenvalue weighted by molar-refractivity contribution is 7.91. The van der Waals surface area contributed by atoms with Crippen molar-refractivity contribution in [3.8, 4) is 0 Å². The van der Waals surface area contributed by atoms with E-state index in [1.807, 2.05) is 0 Å². The third-order valence-electron chi connectivity index (χ3n) is 4.77. The second kappa shape index (κ2) is 8.49. The molecule has 0 aromatic heterocycles. The summed E-state index contributed by atoms with van der Waals surface area (Å²) < 4.78 is 23.6. The molecule has 4 nitrogen and oxygen atoms in total. The summed E-state index contributed by atoms with van der Waals surface area (Å²) in [5.41, 5.74) is 0. The number of rotatable bonds is 8. The first-order chi connectivity index (χ1) is 9.79. The van der Waals surface area contributed by atoms with E-state index < -0.39 is 9.84 Å². The van der Waals surface area contributed by atoms with E-state index in [2.05, 4.69) is 37.9 Å². The van der Waals surface area contributed by atoms with Crippen LogP contribution in [0.15, 0.2) is 0 Å². The molecule has 0 aromatic rings. The zero-order chi connectivity index (χ0) is 16.0. The van der Waals surface area contributed by atoms with Crippen LogP contribution in [0.5, 0.6) is 0 Å². The van der Waals surface area contributed by atoms with Crippen molar-refractivity contribution >= 4 is 9.84 Å². The van der Waals surface area contributed by atoms with Crippen LogP contribution in [0.25, 0.3) is 0 Å². The largest absolute Gasteiger partial charge is 0.311 e. The Morgan fingerprint density at radius 1 is 1.24 bits per heavy atom. The molecule has 0 bridgehead atoms. The fourth-order valence-electron chi connectivity index (χ4n) is 3.00. The Morgan fingerprint density at radius 3 is 2.43 bits per heavy atom. The lowest BCUT2D eigenvalue weighted by atomic mass is 9.93. The van der Waals surface area contributed by atoms with Gasteiger partial charge in [-0.3, -0.25) is 4.90 Å². The maximum Gasteiger partial charge on any atom is 0.151 e. The van der Waals surface area contributed by atoms with Gasteiger partial charge in [0.25, 0.3) is 0 Å². The number of nitrogens with zero attached hydrogens (tertiary/aromatic N) is 1. The lowest BCUT2D eigenvalue weighted by molar-refractivity contribution is 0.102. The fraction of sp³-hybridized carbons (Fsp3) is 1.00. The molecule has 1 N–H and O–H groups in total. The van der Waals surface area contributed by atoms with Crippen molar-refractivity contribution in [2.75, 3.05) is 31.1 Å². The van der Waals surface area contributed by atoms with Gasteiger partial charge in [-0.15, -0.1) is 0 Å². The van der Waals surface area contributed by atoms with Crippen molar-refractivity contribution in [1.82, 2.24) is 10.2 Å². The summed E-state index contributed by atoms with van der Waals surface area (Å²) in [6.07, 6.45) is 2.29. The molecular formula is C16H34N2O2S. The quantitative estimate of drug-likeness (QED) is 0.745. The second-order valence-electron chi connectivity index (χ2n) is 6.91. The first-order valence-corrected chi connectivity index (χ1v) is 10.3. The predicted octanol–water partition coefficient (Wildman–Crippen LogP) is 2.16. The van der Waals surface area contributed by atoms with Crippen LogP contribution < -0.4 is 5.32 Å². The Balaban J connectivity index is 2.68. The molecule has 0 spiro atoms. The molecule has 3 atom stereocenters. The van der Waals surface area contributed by atoms with Gasteiger partial charge >= 0.3 is 0 Å².